The minimum absolute atomic E-state index is 0.228. The Morgan fingerprint density at radius 2 is 2.08 bits per heavy atom. The van der Waals surface area contributed by atoms with Crippen LogP contribution in [0.2, 0.25) is 0 Å². The molecule has 0 aromatic heterocycles. The zero-order chi connectivity index (χ0) is 8.60. The number of ether oxygens (including phenoxy) is 1. The molecule has 1 heterocycles. The van der Waals surface area contributed by atoms with E-state index in [0.29, 0.717) is 6.61 Å². The lowest BCUT2D eigenvalue weighted by molar-refractivity contribution is -0.0153. The van der Waals surface area contributed by atoms with E-state index in [1.807, 2.05) is 26.0 Å². The first kappa shape index (κ1) is 7.62. The summed E-state index contributed by atoms with van der Waals surface area (Å²) in [6.07, 6.45) is 0. The van der Waals surface area contributed by atoms with E-state index in [2.05, 4.69) is 17.4 Å². The number of anilines is 1. The van der Waals surface area contributed by atoms with Crippen LogP contribution >= 0.6 is 0 Å². The van der Waals surface area contributed by atoms with Gasteiger partial charge in [-0.3, -0.25) is 0 Å². The van der Waals surface area contributed by atoms with E-state index >= 15 is 0 Å². The predicted molar refractivity (Wildman–Crippen MR) is 48.9 cm³/mol. The summed E-state index contributed by atoms with van der Waals surface area (Å²) in [4.78, 5) is 0. The SMILES string of the molecule is CC1(C)Nc2ccccc2CO1. The lowest BCUT2D eigenvalue weighted by Gasteiger charge is -2.33. The van der Waals surface area contributed by atoms with Crippen LogP contribution in [0.5, 0.6) is 0 Å². The van der Waals surface area contributed by atoms with Crippen LogP contribution in [0.1, 0.15) is 19.4 Å². The monoisotopic (exact) mass is 163 g/mol. The van der Waals surface area contributed by atoms with Crippen LogP contribution in [0.25, 0.3) is 0 Å². The summed E-state index contributed by atoms with van der Waals surface area (Å²) in [5.74, 6) is 0. The Balaban J connectivity index is 2.35. The zero-order valence-electron chi connectivity index (χ0n) is 7.42. The van der Waals surface area contributed by atoms with Gasteiger partial charge in [0.05, 0.1) is 6.61 Å². The molecular weight excluding hydrogens is 150 g/mol. The largest absolute Gasteiger partial charge is 0.358 e. The molecule has 0 spiro atoms. The molecule has 1 aromatic carbocycles. The molecule has 1 N–H and O–H groups in total. The third-order valence-corrected chi connectivity index (χ3v) is 2.04. The molecular formula is C10H13NO. The maximum Gasteiger partial charge on any atom is 0.133 e. The highest BCUT2D eigenvalue weighted by Crippen LogP contribution is 2.27. The molecule has 0 saturated heterocycles. The highest BCUT2D eigenvalue weighted by molar-refractivity contribution is 5.53. The molecule has 1 aromatic rings. The van der Waals surface area contributed by atoms with Crippen molar-refractivity contribution < 1.29 is 4.74 Å². The van der Waals surface area contributed by atoms with Gasteiger partial charge in [-0.15, -0.1) is 0 Å². The number of rotatable bonds is 0. The molecule has 64 valence electrons. The van der Waals surface area contributed by atoms with Gasteiger partial charge in [-0.25, -0.2) is 0 Å². The zero-order valence-corrected chi connectivity index (χ0v) is 7.42. The molecule has 2 heteroatoms. The van der Waals surface area contributed by atoms with E-state index in [0.717, 1.165) is 0 Å². The minimum atomic E-state index is -0.228. The Bertz CT molecular complexity index is 294. The number of nitrogens with one attached hydrogen (secondary N) is 1. The van der Waals surface area contributed by atoms with Crippen LogP contribution in [0.15, 0.2) is 24.3 Å². The van der Waals surface area contributed by atoms with Crippen molar-refractivity contribution in [2.45, 2.75) is 26.2 Å². The van der Waals surface area contributed by atoms with Crippen molar-refractivity contribution in [1.82, 2.24) is 0 Å². The smallest absolute Gasteiger partial charge is 0.133 e. The maximum atomic E-state index is 5.58. The molecule has 2 rings (SSSR count). The first-order chi connectivity index (χ1) is 5.67. The van der Waals surface area contributed by atoms with Crippen molar-refractivity contribution in [3.63, 3.8) is 0 Å². The summed E-state index contributed by atoms with van der Waals surface area (Å²) >= 11 is 0. The van der Waals surface area contributed by atoms with Gasteiger partial charge in [0, 0.05) is 11.3 Å². The second-order valence-electron chi connectivity index (χ2n) is 3.58. The molecule has 0 fully saturated rings. The Hall–Kier alpha value is -1.02. The third kappa shape index (κ3) is 1.30. The Morgan fingerprint density at radius 3 is 2.92 bits per heavy atom. The highest BCUT2D eigenvalue weighted by atomic mass is 16.5. The van der Waals surface area contributed by atoms with E-state index < -0.39 is 0 Å². The molecule has 1 aliphatic heterocycles. The molecule has 0 atom stereocenters. The summed E-state index contributed by atoms with van der Waals surface area (Å²) in [6.45, 7) is 4.77. The Labute approximate surface area is 72.5 Å². The molecule has 0 aliphatic carbocycles. The first-order valence-electron chi connectivity index (χ1n) is 4.17. The Morgan fingerprint density at radius 1 is 1.33 bits per heavy atom. The quantitative estimate of drug-likeness (QED) is 0.634. The average molecular weight is 163 g/mol. The maximum absolute atomic E-state index is 5.58. The van der Waals surface area contributed by atoms with Gasteiger partial charge in [-0.2, -0.15) is 0 Å². The summed E-state index contributed by atoms with van der Waals surface area (Å²) in [5, 5.41) is 3.31. The fraction of sp³-hybridized carbons (Fsp3) is 0.400. The van der Waals surface area contributed by atoms with Crippen LogP contribution < -0.4 is 5.32 Å². The molecule has 0 saturated carbocycles. The van der Waals surface area contributed by atoms with E-state index in [4.69, 9.17) is 4.74 Å². The molecule has 0 bridgehead atoms. The number of para-hydroxylation sites is 1. The van der Waals surface area contributed by atoms with Crippen LogP contribution in [0.3, 0.4) is 0 Å². The van der Waals surface area contributed by atoms with Gasteiger partial charge in [0.2, 0.25) is 0 Å². The van der Waals surface area contributed by atoms with Gasteiger partial charge >= 0.3 is 0 Å². The van der Waals surface area contributed by atoms with Crippen molar-refractivity contribution in [3.8, 4) is 0 Å². The van der Waals surface area contributed by atoms with Gasteiger partial charge in [0.15, 0.2) is 0 Å². The second-order valence-corrected chi connectivity index (χ2v) is 3.58. The highest BCUT2D eigenvalue weighted by Gasteiger charge is 2.23. The van der Waals surface area contributed by atoms with Crippen molar-refractivity contribution in [1.29, 1.82) is 0 Å². The van der Waals surface area contributed by atoms with Crippen molar-refractivity contribution in [2.75, 3.05) is 5.32 Å². The average Bonchev–Trinajstić information content (AvgIpc) is 2.02. The number of benzene rings is 1. The summed E-state index contributed by atoms with van der Waals surface area (Å²) in [6, 6.07) is 8.23. The van der Waals surface area contributed by atoms with E-state index in [-0.39, 0.29) is 5.72 Å². The number of fused-ring (bicyclic) bond motifs is 1. The van der Waals surface area contributed by atoms with Crippen LogP contribution in [-0.2, 0) is 11.3 Å². The molecule has 12 heavy (non-hydrogen) atoms. The summed E-state index contributed by atoms with van der Waals surface area (Å²) < 4.78 is 5.58. The molecule has 1 aliphatic rings. The fourth-order valence-electron chi connectivity index (χ4n) is 1.39. The normalized spacial score (nSPS) is 19.5. The summed E-state index contributed by atoms with van der Waals surface area (Å²) in [7, 11) is 0. The standard InChI is InChI=1S/C10H13NO/c1-10(2)11-9-6-4-3-5-8(9)7-12-10/h3-6,11H,7H2,1-2H3. The van der Waals surface area contributed by atoms with Crippen LogP contribution in [0, 0.1) is 0 Å². The van der Waals surface area contributed by atoms with Crippen LogP contribution in [-0.4, -0.2) is 5.72 Å². The molecule has 0 amide bonds. The predicted octanol–water partition coefficient (Wildman–Crippen LogP) is 2.36. The van der Waals surface area contributed by atoms with Gasteiger partial charge in [0.25, 0.3) is 0 Å². The second kappa shape index (κ2) is 2.49. The number of hydrogen-bond donors (Lipinski definition) is 1. The molecule has 0 unspecified atom stereocenters. The van der Waals surface area contributed by atoms with Gasteiger partial charge in [-0.05, 0) is 19.9 Å². The molecule has 0 radical (unpaired) electrons. The van der Waals surface area contributed by atoms with E-state index in [9.17, 15) is 0 Å². The minimum Gasteiger partial charge on any atom is -0.358 e. The van der Waals surface area contributed by atoms with E-state index in [1.54, 1.807) is 0 Å². The first-order valence-corrected chi connectivity index (χ1v) is 4.17. The van der Waals surface area contributed by atoms with Crippen molar-refractivity contribution in [2.24, 2.45) is 0 Å². The van der Waals surface area contributed by atoms with Crippen molar-refractivity contribution >= 4 is 5.69 Å². The van der Waals surface area contributed by atoms with Gasteiger partial charge in [-0.1, -0.05) is 18.2 Å². The summed E-state index contributed by atoms with van der Waals surface area (Å²) in [5.41, 5.74) is 2.19. The van der Waals surface area contributed by atoms with Gasteiger partial charge in [0.1, 0.15) is 5.72 Å². The lowest BCUT2D eigenvalue weighted by Crippen LogP contribution is -2.37. The topological polar surface area (TPSA) is 21.3 Å². The lowest BCUT2D eigenvalue weighted by atomic mass is 10.1. The third-order valence-electron chi connectivity index (χ3n) is 2.04. The van der Waals surface area contributed by atoms with Gasteiger partial charge < -0.3 is 10.1 Å². The van der Waals surface area contributed by atoms with Crippen molar-refractivity contribution in [3.05, 3.63) is 29.8 Å². The molecule has 2 nitrogen and oxygen atoms in total. The van der Waals surface area contributed by atoms with E-state index in [1.165, 1.54) is 11.3 Å². The fourth-order valence-corrected chi connectivity index (χ4v) is 1.39. The van der Waals surface area contributed by atoms with Crippen LogP contribution in [0.4, 0.5) is 5.69 Å². The number of hydrogen-bond acceptors (Lipinski definition) is 2. The Kier molecular flexibility index (Phi) is 1.58.